The Morgan fingerprint density at radius 3 is 2.24 bits per heavy atom. The number of rotatable bonds is 5. The number of piperazine rings is 1. The Hall–Kier alpha value is -0.570. The molecular formula is C18H29ClN2. The fourth-order valence-electron chi connectivity index (χ4n) is 3.23. The van der Waals surface area contributed by atoms with Crippen LogP contribution < -0.4 is 5.32 Å². The number of nitrogens with one attached hydrogen (secondary N) is 1. The maximum Gasteiger partial charge on any atom is 0.0406 e. The van der Waals surface area contributed by atoms with Gasteiger partial charge in [0.25, 0.3) is 0 Å². The minimum Gasteiger partial charge on any atom is -0.308 e. The van der Waals surface area contributed by atoms with Crippen molar-refractivity contribution in [3.05, 3.63) is 34.9 Å². The molecule has 0 radical (unpaired) electrons. The van der Waals surface area contributed by atoms with E-state index in [2.05, 4.69) is 50.0 Å². The first-order chi connectivity index (χ1) is 9.97. The van der Waals surface area contributed by atoms with Gasteiger partial charge in [-0.1, -0.05) is 44.5 Å². The summed E-state index contributed by atoms with van der Waals surface area (Å²) >= 11 is 6.00. The van der Waals surface area contributed by atoms with Crippen LogP contribution in [0.1, 0.15) is 52.5 Å². The van der Waals surface area contributed by atoms with Crippen LogP contribution in [0, 0.1) is 0 Å². The molecule has 3 heteroatoms. The molecule has 1 N–H and O–H groups in total. The van der Waals surface area contributed by atoms with Crippen LogP contribution in [0.2, 0.25) is 5.02 Å². The van der Waals surface area contributed by atoms with Crippen molar-refractivity contribution in [2.45, 2.75) is 64.6 Å². The highest BCUT2D eigenvalue weighted by Gasteiger charge is 2.42. The Balaban J connectivity index is 2.20. The maximum absolute atomic E-state index is 6.00. The van der Waals surface area contributed by atoms with E-state index in [0.717, 1.165) is 31.1 Å². The van der Waals surface area contributed by atoms with E-state index in [0.29, 0.717) is 0 Å². The van der Waals surface area contributed by atoms with E-state index in [4.69, 9.17) is 11.6 Å². The molecule has 118 valence electrons. The number of hydrogen-bond donors (Lipinski definition) is 1. The lowest BCUT2D eigenvalue weighted by Crippen LogP contribution is -2.68. The summed E-state index contributed by atoms with van der Waals surface area (Å²) < 4.78 is 0. The molecule has 1 aromatic rings. The van der Waals surface area contributed by atoms with Gasteiger partial charge in [-0.15, -0.1) is 0 Å². The summed E-state index contributed by atoms with van der Waals surface area (Å²) in [6.45, 7) is 12.5. The average Bonchev–Trinajstić information content (AvgIpc) is 2.52. The summed E-state index contributed by atoms with van der Waals surface area (Å²) in [6.07, 6.45) is 3.53. The van der Waals surface area contributed by atoms with Crippen molar-refractivity contribution >= 4 is 11.6 Å². The van der Waals surface area contributed by atoms with Crippen LogP contribution in [0.5, 0.6) is 0 Å². The molecule has 21 heavy (non-hydrogen) atoms. The van der Waals surface area contributed by atoms with Crippen LogP contribution in [0.25, 0.3) is 0 Å². The van der Waals surface area contributed by atoms with Gasteiger partial charge in [0.05, 0.1) is 0 Å². The normalized spacial score (nSPS) is 26.0. The largest absolute Gasteiger partial charge is 0.308 e. The monoisotopic (exact) mass is 308 g/mol. The van der Waals surface area contributed by atoms with E-state index < -0.39 is 0 Å². The fourth-order valence-corrected chi connectivity index (χ4v) is 3.36. The Bertz CT molecular complexity index is 453. The summed E-state index contributed by atoms with van der Waals surface area (Å²) in [7, 11) is 0. The summed E-state index contributed by atoms with van der Waals surface area (Å²) in [5.74, 6) is 0. The van der Waals surface area contributed by atoms with Gasteiger partial charge >= 0.3 is 0 Å². The smallest absolute Gasteiger partial charge is 0.0406 e. The number of benzene rings is 1. The lowest BCUT2D eigenvalue weighted by atomic mass is 9.82. The van der Waals surface area contributed by atoms with Gasteiger partial charge in [0.1, 0.15) is 0 Å². The van der Waals surface area contributed by atoms with E-state index in [1.54, 1.807) is 0 Å². The second-order valence-electron chi connectivity index (χ2n) is 6.67. The van der Waals surface area contributed by atoms with Crippen molar-refractivity contribution in [3.63, 3.8) is 0 Å². The average molecular weight is 309 g/mol. The second kappa shape index (κ2) is 6.68. The molecule has 0 bridgehead atoms. The zero-order chi connectivity index (χ0) is 15.5. The lowest BCUT2D eigenvalue weighted by Gasteiger charge is -2.53. The molecule has 0 saturated carbocycles. The van der Waals surface area contributed by atoms with Crippen LogP contribution in [0.3, 0.4) is 0 Å². The third-order valence-electron chi connectivity index (χ3n) is 5.50. The minimum absolute atomic E-state index is 0.230. The van der Waals surface area contributed by atoms with Crippen molar-refractivity contribution in [3.8, 4) is 0 Å². The molecule has 1 aromatic carbocycles. The molecule has 1 atom stereocenters. The first-order valence-electron chi connectivity index (χ1n) is 8.21. The predicted molar refractivity (Wildman–Crippen MR) is 91.9 cm³/mol. The highest BCUT2D eigenvalue weighted by atomic mass is 35.5. The molecule has 1 aliphatic rings. The molecule has 1 fully saturated rings. The Morgan fingerprint density at radius 2 is 1.71 bits per heavy atom. The highest BCUT2D eigenvalue weighted by Crippen LogP contribution is 2.31. The SMILES string of the molecule is CCC1(CC)CN(Cc2ccc(Cl)cc2)C(C)(CC)CN1. The number of halogens is 1. The van der Waals surface area contributed by atoms with Crippen molar-refractivity contribution in [1.29, 1.82) is 0 Å². The van der Waals surface area contributed by atoms with Crippen molar-refractivity contribution in [1.82, 2.24) is 10.2 Å². The van der Waals surface area contributed by atoms with E-state index in [-0.39, 0.29) is 11.1 Å². The quantitative estimate of drug-likeness (QED) is 0.863. The van der Waals surface area contributed by atoms with Crippen LogP contribution in [-0.4, -0.2) is 29.1 Å². The molecule has 0 amide bonds. The first-order valence-corrected chi connectivity index (χ1v) is 8.59. The topological polar surface area (TPSA) is 15.3 Å². The van der Waals surface area contributed by atoms with Gasteiger partial charge < -0.3 is 5.32 Å². The lowest BCUT2D eigenvalue weighted by molar-refractivity contribution is 0.00276. The van der Waals surface area contributed by atoms with Crippen molar-refractivity contribution in [2.24, 2.45) is 0 Å². The van der Waals surface area contributed by atoms with Crippen LogP contribution in [0.15, 0.2) is 24.3 Å². The van der Waals surface area contributed by atoms with Gasteiger partial charge in [0, 0.05) is 35.7 Å². The van der Waals surface area contributed by atoms with Gasteiger partial charge in [-0.05, 0) is 43.9 Å². The van der Waals surface area contributed by atoms with Gasteiger partial charge in [0.15, 0.2) is 0 Å². The molecule has 1 heterocycles. The third kappa shape index (κ3) is 3.61. The molecule has 2 rings (SSSR count). The van der Waals surface area contributed by atoms with Gasteiger partial charge in [-0.2, -0.15) is 0 Å². The highest BCUT2D eigenvalue weighted by molar-refractivity contribution is 6.30. The first kappa shape index (κ1) is 16.8. The Morgan fingerprint density at radius 1 is 1.10 bits per heavy atom. The third-order valence-corrected chi connectivity index (χ3v) is 5.76. The summed E-state index contributed by atoms with van der Waals surface area (Å²) in [6, 6.07) is 8.30. The summed E-state index contributed by atoms with van der Waals surface area (Å²) in [5.41, 5.74) is 1.84. The Kier molecular flexibility index (Phi) is 5.34. The zero-order valence-corrected chi connectivity index (χ0v) is 14.6. The number of nitrogens with zero attached hydrogens (tertiary/aromatic N) is 1. The molecular weight excluding hydrogens is 280 g/mol. The number of hydrogen-bond acceptors (Lipinski definition) is 2. The second-order valence-corrected chi connectivity index (χ2v) is 7.11. The van der Waals surface area contributed by atoms with Gasteiger partial charge in [-0.3, -0.25) is 4.90 Å². The molecule has 1 saturated heterocycles. The molecule has 1 unspecified atom stereocenters. The van der Waals surface area contributed by atoms with E-state index in [1.165, 1.54) is 18.4 Å². The van der Waals surface area contributed by atoms with E-state index in [1.807, 2.05) is 12.1 Å². The van der Waals surface area contributed by atoms with Crippen LogP contribution in [-0.2, 0) is 6.54 Å². The minimum atomic E-state index is 0.230. The standard InChI is InChI=1S/C18H29ClN2/c1-5-17(4)13-20-18(6-2,7-3)14-21(17)12-15-8-10-16(19)11-9-15/h8-11,20H,5-7,12-14H2,1-4H3. The predicted octanol–water partition coefficient (Wildman–Crippen LogP) is 4.47. The van der Waals surface area contributed by atoms with Crippen LogP contribution in [0.4, 0.5) is 0 Å². The fraction of sp³-hybridized carbons (Fsp3) is 0.667. The van der Waals surface area contributed by atoms with Gasteiger partial charge in [-0.25, -0.2) is 0 Å². The maximum atomic E-state index is 6.00. The zero-order valence-electron chi connectivity index (χ0n) is 13.9. The van der Waals surface area contributed by atoms with Crippen molar-refractivity contribution in [2.75, 3.05) is 13.1 Å². The molecule has 1 aliphatic heterocycles. The summed E-state index contributed by atoms with van der Waals surface area (Å²) in [5, 5.41) is 4.65. The molecule has 0 aliphatic carbocycles. The van der Waals surface area contributed by atoms with Crippen molar-refractivity contribution < 1.29 is 0 Å². The Labute approximate surface area is 134 Å². The van der Waals surface area contributed by atoms with Gasteiger partial charge in [0.2, 0.25) is 0 Å². The van der Waals surface area contributed by atoms with E-state index >= 15 is 0 Å². The van der Waals surface area contributed by atoms with Crippen LogP contribution >= 0.6 is 11.6 Å². The van der Waals surface area contributed by atoms with E-state index in [9.17, 15) is 0 Å². The molecule has 2 nitrogen and oxygen atoms in total. The summed E-state index contributed by atoms with van der Waals surface area (Å²) in [4.78, 5) is 2.67. The molecule has 0 aromatic heterocycles. The molecule has 0 spiro atoms.